The Morgan fingerprint density at radius 3 is 2.26 bits per heavy atom. The molecular weight excluding hydrogens is 400 g/mol. The summed E-state index contributed by atoms with van der Waals surface area (Å²) in [5, 5.41) is 0.683. The second-order valence-corrected chi connectivity index (χ2v) is 9.37. The molecule has 0 saturated carbocycles. The maximum Gasteiger partial charge on any atom is 0.336 e. The molecule has 2 atom stereocenters. The predicted octanol–water partition coefficient (Wildman–Crippen LogP) is 4.55. The second kappa shape index (κ2) is 8.73. The SMILES string of the molecule is CC(C)CC(=O)O[C@H]1c2c(ccc3ccc(=O)oc23)O[C@@H]1C(C)(C)OC(=O)CC(C)C. The number of hydrogen-bond acceptors (Lipinski definition) is 7. The van der Waals surface area contributed by atoms with Crippen molar-refractivity contribution in [3.8, 4) is 5.75 Å². The zero-order valence-corrected chi connectivity index (χ0v) is 18.9. The first-order valence-electron chi connectivity index (χ1n) is 10.6. The first kappa shape index (κ1) is 22.8. The third-order valence-electron chi connectivity index (χ3n) is 5.07. The van der Waals surface area contributed by atoms with Gasteiger partial charge in [0.15, 0.2) is 12.2 Å². The zero-order valence-electron chi connectivity index (χ0n) is 18.9. The van der Waals surface area contributed by atoms with Crippen LogP contribution in [0.2, 0.25) is 0 Å². The van der Waals surface area contributed by atoms with Crippen LogP contribution in [0.1, 0.15) is 66.1 Å². The number of rotatable bonds is 7. The van der Waals surface area contributed by atoms with E-state index in [1.807, 2.05) is 27.7 Å². The summed E-state index contributed by atoms with van der Waals surface area (Å²) in [6.07, 6.45) is -1.21. The minimum atomic E-state index is -1.10. The minimum Gasteiger partial charge on any atom is -0.481 e. The van der Waals surface area contributed by atoms with Gasteiger partial charge in [-0.25, -0.2) is 4.79 Å². The highest BCUT2D eigenvalue weighted by Crippen LogP contribution is 2.47. The van der Waals surface area contributed by atoms with E-state index in [1.54, 1.807) is 32.0 Å². The van der Waals surface area contributed by atoms with Gasteiger partial charge in [-0.3, -0.25) is 9.59 Å². The number of esters is 2. The van der Waals surface area contributed by atoms with E-state index >= 15 is 0 Å². The van der Waals surface area contributed by atoms with Crippen LogP contribution in [0.25, 0.3) is 11.0 Å². The Hall–Kier alpha value is -2.83. The average Bonchev–Trinajstić information content (AvgIpc) is 2.99. The van der Waals surface area contributed by atoms with E-state index < -0.39 is 29.4 Å². The molecule has 2 heterocycles. The van der Waals surface area contributed by atoms with Gasteiger partial charge in [-0.15, -0.1) is 0 Å². The van der Waals surface area contributed by atoms with E-state index in [0.29, 0.717) is 22.3 Å². The molecule has 1 aliphatic heterocycles. The molecule has 0 N–H and O–H groups in total. The predicted molar refractivity (Wildman–Crippen MR) is 115 cm³/mol. The molecule has 3 rings (SSSR count). The summed E-state index contributed by atoms with van der Waals surface area (Å²) in [5.74, 6) is -0.0793. The molecule has 0 fully saturated rings. The Morgan fingerprint density at radius 2 is 1.61 bits per heavy atom. The number of carbonyl (C=O) groups excluding carboxylic acids is 2. The number of fused-ring (bicyclic) bond motifs is 3. The van der Waals surface area contributed by atoms with Crippen LogP contribution in [0.4, 0.5) is 0 Å². The quantitative estimate of drug-likeness (QED) is 0.470. The summed E-state index contributed by atoms with van der Waals surface area (Å²) in [6.45, 7) is 11.2. The Kier molecular flexibility index (Phi) is 6.43. The summed E-state index contributed by atoms with van der Waals surface area (Å²) < 4.78 is 23.2. The maximum atomic E-state index is 12.6. The van der Waals surface area contributed by atoms with Gasteiger partial charge in [0.05, 0.1) is 5.56 Å². The molecule has 0 spiro atoms. The van der Waals surface area contributed by atoms with Crippen molar-refractivity contribution in [3.63, 3.8) is 0 Å². The molecule has 0 amide bonds. The van der Waals surface area contributed by atoms with E-state index in [0.717, 1.165) is 0 Å². The van der Waals surface area contributed by atoms with Crippen molar-refractivity contribution < 1.29 is 28.2 Å². The van der Waals surface area contributed by atoms with Gasteiger partial charge in [0.1, 0.15) is 16.9 Å². The van der Waals surface area contributed by atoms with Gasteiger partial charge in [-0.1, -0.05) is 27.7 Å². The molecule has 1 aromatic heterocycles. The van der Waals surface area contributed by atoms with Crippen LogP contribution in [-0.4, -0.2) is 23.6 Å². The smallest absolute Gasteiger partial charge is 0.336 e. The first-order chi connectivity index (χ1) is 14.5. The first-order valence-corrected chi connectivity index (χ1v) is 10.6. The molecule has 1 aromatic carbocycles. The van der Waals surface area contributed by atoms with Gasteiger partial charge in [0.2, 0.25) is 0 Å². The lowest BCUT2D eigenvalue weighted by atomic mass is 9.93. The fourth-order valence-corrected chi connectivity index (χ4v) is 3.73. The van der Waals surface area contributed by atoms with Crippen molar-refractivity contribution in [2.24, 2.45) is 11.8 Å². The lowest BCUT2D eigenvalue weighted by molar-refractivity contribution is -0.178. The summed E-state index contributed by atoms with van der Waals surface area (Å²) >= 11 is 0. The fourth-order valence-electron chi connectivity index (χ4n) is 3.73. The van der Waals surface area contributed by atoms with Crippen molar-refractivity contribution in [1.82, 2.24) is 0 Å². The molecule has 0 radical (unpaired) electrons. The van der Waals surface area contributed by atoms with Crippen molar-refractivity contribution >= 4 is 22.9 Å². The molecule has 1 aliphatic rings. The lowest BCUT2D eigenvalue weighted by Crippen LogP contribution is -2.46. The van der Waals surface area contributed by atoms with E-state index in [2.05, 4.69) is 0 Å². The van der Waals surface area contributed by atoms with Gasteiger partial charge < -0.3 is 18.6 Å². The number of carbonyl (C=O) groups is 2. The topological polar surface area (TPSA) is 92.0 Å². The third kappa shape index (κ3) is 5.09. The monoisotopic (exact) mass is 430 g/mol. The highest BCUT2D eigenvalue weighted by Gasteiger charge is 2.50. The zero-order chi connectivity index (χ0) is 22.9. The largest absolute Gasteiger partial charge is 0.481 e. The summed E-state index contributed by atoms with van der Waals surface area (Å²) in [4.78, 5) is 36.9. The van der Waals surface area contributed by atoms with Crippen LogP contribution < -0.4 is 10.4 Å². The molecule has 31 heavy (non-hydrogen) atoms. The summed E-state index contributed by atoms with van der Waals surface area (Å²) in [6, 6.07) is 6.49. The van der Waals surface area contributed by atoms with Gasteiger partial charge in [-0.2, -0.15) is 0 Å². The number of benzene rings is 1. The van der Waals surface area contributed by atoms with Crippen LogP contribution in [0.15, 0.2) is 33.5 Å². The van der Waals surface area contributed by atoms with Gasteiger partial charge in [-0.05, 0) is 43.9 Å². The summed E-state index contributed by atoms with van der Waals surface area (Å²) in [7, 11) is 0. The van der Waals surface area contributed by atoms with Crippen LogP contribution in [0.3, 0.4) is 0 Å². The van der Waals surface area contributed by atoms with Crippen molar-refractivity contribution in [2.45, 2.75) is 72.2 Å². The summed E-state index contributed by atoms with van der Waals surface area (Å²) in [5.41, 5.74) is -0.835. The van der Waals surface area contributed by atoms with Gasteiger partial charge in [0, 0.05) is 24.3 Å². The van der Waals surface area contributed by atoms with Crippen LogP contribution in [0, 0.1) is 11.8 Å². The Morgan fingerprint density at radius 1 is 1.00 bits per heavy atom. The highest BCUT2D eigenvalue weighted by atomic mass is 16.6. The highest BCUT2D eigenvalue weighted by molar-refractivity contribution is 5.84. The molecular formula is C24H30O7. The Labute approximate surface area is 181 Å². The van der Waals surface area contributed by atoms with Crippen LogP contribution >= 0.6 is 0 Å². The lowest BCUT2D eigenvalue weighted by Gasteiger charge is -2.34. The van der Waals surface area contributed by atoms with Crippen molar-refractivity contribution in [1.29, 1.82) is 0 Å². The third-order valence-corrected chi connectivity index (χ3v) is 5.07. The molecule has 0 unspecified atom stereocenters. The van der Waals surface area contributed by atoms with Crippen molar-refractivity contribution in [2.75, 3.05) is 0 Å². The van der Waals surface area contributed by atoms with Crippen LogP contribution in [0.5, 0.6) is 5.75 Å². The Balaban J connectivity index is 2.03. The minimum absolute atomic E-state index is 0.107. The van der Waals surface area contributed by atoms with E-state index in [9.17, 15) is 14.4 Å². The van der Waals surface area contributed by atoms with Gasteiger partial charge in [0.25, 0.3) is 0 Å². The molecule has 0 saturated heterocycles. The molecule has 0 aliphatic carbocycles. The number of hydrogen-bond donors (Lipinski definition) is 0. The fraction of sp³-hybridized carbons (Fsp3) is 0.542. The van der Waals surface area contributed by atoms with Crippen molar-refractivity contribution in [3.05, 3.63) is 40.2 Å². The molecule has 2 aromatic rings. The van der Waals surface area contributed by atoms with Gasteiger partial charge >= 0.3 is 17.6 Å². The molecule has 7 nitrogen and oxygen atoms in total. The average molecular weight is 430 g/mol. The maximum absolute atomic E-state index is 12.6. The molecule has 168 valence electrons. The second-order valence-electron chi connectivity index (χ2n) is 9.37. The van der Waals surface area contributed by atoms with E-state index in [-0.39, 0.29) is 30.6 Å². The molecule has 0 bridgehead atoms. The standard InChI is InChI=1S/C24H30O7/c1-13(2)11-18(26)30-22-20-16(9-7-15-8-10-17(25)29-21(15)20)28-23(22)24(5,6)31-19(27)12-14(3)4/h7-10,13-14,22-23H,11-12H2,1-6H3/t22-,23-/m0/s1. The number of ether oxygens (including phenoxy) is 3. The molecule has 7 heteroatoms. The normalized spacial score (nSPS) is 18.2. The van der Waals surface area contributed by atoms with E-state index in [1.165, 1.54) is 6.07 Å². The Bertz CT molecular complexity index is 1030. The van der Waals surface area contributed by atoms with E-state index in [4.69, 9.17) is 18.6 Å². The van der Waals surface area contributed by atoms with Crippen LogP contribution in [-0.2, 0) is 19.1 Å².